The number of hydrogen-bond acceptors (Lipinski definition) is 2. The van der Waals surface area contributed by atoms with E-state index in [2.05, 4.69) is 0 Å². The molecule has 1 amide bonds. The molecule has 0 aromatic heterocycles. The number of carboxylic acid groups (broad SMARTS) is 1. The van der Waals surface area contributed by atoms with Crippen molar-refractivity contribution in [1.29, 1.82) is 0 Å². The predicted octanol–water partition coefficient (Wildman–Crippen LogP) is 2.78. The molecule has 1 heterocycles. The molecule has 1 aromatic carbocycles. The second kappa shape index (κ2) is 6.02. The standard InChI is InChI=1S/C16H19F2NO3/c1-10(13-11(17)5-3-6-12(13)18)14(20)19-8-4-7-16(2,9-19)15(21)22/h3,5-6,10H,4,7-9H2,1-2H3,(H,21,22). The fourth-order valence-electron chi connectivity index (χ4n) is 2.92. The first-order valence-corrected chi connectivity index (χ1v) is 7.22. The van der Waals surface area contributed by atoms with Crippen molar-refractivity contribution in [2.24, 2.45) is 5.41 Å². The monoisotopic (exact) mass is 311 g/mol. The van der Waals surface area contributed by atoms with Gasteiger partial charge in [0, 0.05) is 18.7 Å². The number of piperidine rings is 1. The van der Waals surface area contributed by atoms with Gasteiger partial charge in [0.25, 0.3) is 0 Å². The van der Waals surface area contributed by atoms with Gasteiger partial charge in [-0.15, -0.1) is 0 Å². The molecule has 6 heteroatoms. The van der Waals surface area contributed by atoms with Crippen molar-refractivity contribution in [2.45, 2.75) is 32.6 Å². The van der Waals surface area contributed by atoms with Gasteiger partial charge in [0.15, 0.2) is 0 Å². The molecule has 0 bridgehead atoms. The van der Waals surface area contributed by atoms with E-state index < -0.39 is 34.8 Å². The third-order valence-corrected chi connectivity index (χ3v) is 4.33. The Bertz CT molecular complexity index is 585. The van der Waals surface area contributed by atoms with Gasteiger partial charge in [-0.25, -0.2) is 8.78 Å². The molecule has 1 aromatic rings. The van der Waals surface area contributed by atoms with Crippen LogP contribution in [-0.2, 0) is 9.59 Å². The van der Waals surface area contributed by atoms with E-state index in [1.54, 1.807) is 6.92 Å². The lowest BCUT2D eigenvalue weighted by Gasteiger charge is -2.38. The van der Waals surface area contributed by atoms with Crippen LogP contribution in [0.2, 0.25) is 0 Å². The van der Waals surface area contributed by atoms with Gasteiger partial charge in [-0.2, -0.15) is 0 Å². The van der Waals surface area contributed by atoms with Gasteiger partial charge in [0.1, 0.15) is 11.6 Å². The average molecular weight is 311 g/mol. The summed E-state index contributed by atoms with van der Waals surface area (Å²) in [6.45, 7) is 3.49. The lowest BCUT2D eigenvalue weighted by molar-refractivity contribution is -0.153. The summed E-state index contributed by atoms with van der Waals surface area (Å²) in [5.74, 6) is -3.93. The van der Waals surface area contributed by atoms with Crippen molar-refractivity contribution in [3.63, 3.8) is 0 Å². The summed E-state index contributed by atoms with van der Waals surface area (Å²) in [6, 6.07) is 3.47. The SMILES string of the molecule is CC(C(=O)N1CCCC(C)(C(=O)O)C1)c1c(F)cccc1F. The fourth-order valence-corrected chi connectivity index (χ4v) is 2.92. The van der Waals surface area contributed by atoms with Crippen LogP contribution in [0.3, 0.4) is 0 Å². The summed E-state index contributed by atoms with van der Waals surface area (Å²) in [5, 5.41) is 9.28. The minimum atomic E-state index is -1.01. The molecule has 2 rings (SSSR count). The van der Waals surface area contributed by atoms with E-state index in [9.17, 15) is 23.5 Å². The molecule has 2 unspecified atom stereocenters. The van der Waals surface area contributed by atoms with Gasteiger partial charge in [0.05, 0.1) is 11.3 Å². The number of nitrogens with zero attached hydrogens (tertiary/aromatic N) is 1. The molecular formula is C16H19F2NO3. The van der Waals surface area contributed by atoms with E-state index in [1.165, 1.54) is 17.9 Å². The number of carbonyl (C=O) groups excluding carboxylic acids is 1. The van der Waals surface area contributed by atoms with E-state index in [0.29, 0.717) is 19.4 Å². The number of carboxylic acids is 1. The van der Waals surface area contributed by atoms with Crippen LogP contribution in [0.15, 0.2) is 18.2 Å². The maximum absolute atomic E-state index is 13.8. The summed E-state index contributed by atoms with van der Waals surface area (Å²) in [7, 11) is 0. The number of rotatable bonds is 3. The van der Waals surface area contributed by atoms with Crippen LogP contribution in [0.1, 0.15) is 38.2 Å². The Morgan fingerprint density at radius 2 is 1.91 bits per heavy atom. The summed E-state index contributed by atoms with van der Waals surface area (Å²) in [4.78, 5) is 25.2. The van der Waals surface area contributed by atoms with Gasteiger partial charge in [0.2, 0.25) is 5.91 Å². The van der Waals surface area contributed by atoms with Gasteiger partial charge in [-0.05, 0) is 38.8 Å². The number of halogens is 2. The second-order valence-corrected chi connectivity index (χ2v) is 6.09. The number of benzene rings is 1. The zero-order valence-electron chi connectivity index (χ0n) is 12.6. The predicted molar refractivity (Wildman–Crippen MR) is 76.3 cm³/mol. The molecule has 1 N–H and O–H groups in total. The van der Waals surface area contributed by atoms with Gasteiger partial charge in [-0.1, -0.05) is 6.07 Å². The van der Waals surface area contributed by atoms with Crippen LogP contribution < -0.4 is 0 Å². The highest BCUT2D eigenvalue weighted by molar-refractivity contribution is 5.84. The molecule has 0 saturated carbocycles. The Balaban J connectivity index is 2.22. The van der Waals surface area contributed by atoms with Crippen molar-refractivity contribution < 1.29 is 23.5 Å². The van der Waals surface area contributed by atoms with E-state index >= 15 is 0 Å². The summed E-state index contributed by atoms with van der Waals surface area (Å²) >= 11 is 0. The maximum atomic E-state index is 13.8. The number of amides is 1. The highest BCUT2D eigenvalue weighted by Gasteiger charge is 2.40. The van der Waals surface area contributed by atoms with Crippen LogP contribution in [0.4, 0.5) is 8.78 Å². The molecule has 1 aliphatic heterocycles. The molecule has 4 nitrogen and oxygen atoms in total. The van der Waals surface area contributed by atoms with Crippen molar-refractivity contribution >= 4 is 11.9 Å². The van der Waals surface area contributed by atoms with Crippen LogP contribution >= 0.6 is 0 Å². The second-order valence-electron chi connectivity index (χ2n) is 6.09. The highest BCUT2D eigenvalue weighted by Crippen LogP contribution is 2.32. The van der Waals surface area contributed by atoms with Crippen molar-refractivity contribution in [1.82, 2.24) is 4.90 Å². The van der Waals surface area contributed by atoms with Crippen molar-refractivity contribution in [2.75, 3.05) is 13.1 Å². The third kappa shape index (κ3) is 2.96. The zero-order valence-corrected chi connectivity index (χ0v) is 12.6. The average Bonchev–Trinajstić information content (AvgIpc) is 2.46. The molecule has 1 fully saturated rings. The molecule has 0 spiro atoms. The number of carbonyl (C=O) groups is 2. The molecule has 1 saturated heterocycles. The summed E-state index contributed by atoms with van der Waals surface area (Å²) in [6.07, 6.45) is 1.04. The van der Waals surface area contributed by atoms with E-state index in [-0.39, 0.29) is 12.1 Å². The lowest BCUT2D eigenvalue weighted by Crippen LogP contribution is -2.49. The van der Waals surface area contributed by atoms with Crippen LogP contribution in [0.25, 0.3) is 0 Å². The number of likely N-dealkylation sites (tertiary alicyclic amines) is 1. The minimum Gasteiger partial charge on any atom is -0.481 e. The van der Waals surface area contributed by atoms with E-state index in [0.717, 1.165) is 12.1 Å². The van der Waals surface area contributed by atoms with Crippen LogP contribution in [0.5, 0.6) is 0 Å². The summed E-state index contributed by atoms with van der Waals surface area (Å²) in [5.41, 5.74) is -1.28. The summed E-state index contributed by atoms with van der Waals surface area (Å²) < 4.78 is 27.6. The van der Waals surface area contributed by atoms with Crippen molar-refractivity contribution in [3.05, 3.63) is 35.4 Å². The first-order chi connectivity index (χ1) is 10.3. The number of aliphatic carboxylic acids is 1. The Labute approximate surface area is 127 Å². The molecule has 1 aliphatic rings. The Morgan fingerprint density at radius 1 is 1.32 bits per heavy atom. The third-order valence-electron chi connectivity index (χ3n) is 4.33. The molecule has 0 radical (unpaired) electrons. The van der Waals surface area contributed by atoms with E-state index in [1.807, 2.05) is 0 Å². The molecule has 120 valence electrons. The van der Waals surface area contributed by atoms with Crippen LogP contribution in [0, 0.1) is 17.0 Å². The molecular weight excluding hydrogens is 292 g/mol. The smallest absolute Gasteiger partial charge is 0.311 e. The zero-order chi connectivity index (χ0) is 16.5. The lowest BCUT2D eigenvalue weighted by atomic mass is 9.81. The first-order valence-electron chi connectivity index (χ1n) is 7.22. The minimum absolute atomic E-state index is 0.0571. The van der Waals surface area contributed by atoms with E-state index in [4.69, 9.17) is 0 Å². The first kappa shape index (κ1) is 16.4. The largest absolute Gasteiger partial charge is 0.481 e. The Kier molecular flexibility index (Phi) is 4.49. The molecule has 0 aliphatic carbocycles. The van der Waals surface area contributed by atoms with Crippen molar-refractivity contribution in [3.8, 4) is 0 Å². The Hall–Kier alpha value is -1.98. The van der Waals surface area contributed by atoms with Gasteiger partial charge in [-0.3, -0.25) is 9.59 Å². The topological polar surface area (TPSA) is 57.6 Å². The number of hydrogen-bond donors (Lipinski definition) is 1. The fraction of sp³-hybridized carbons (Fsp3) is 0.500. The highest BCUT2D eigenvalue weighted by atomic mass is 19.1. The normalized spacial score (nSPS) is 23.2. The molecule has 2 atom stereocenters. The van der Waals surface area contributed by atoms with Crippen LogP contribution in [-0.4, -0.2) is 35.0 Å². The quantitative estimate of drug-likeness (QED) is 0.934. The maximum Gasteiger partial charge on any atom is 0.311 e. The van der Waals surface area contributed by atoms with Gasteiger partial charge < -0.3 is 10.0 Å². The van der Waals surface area contributed by atoms with Gasteiger partial charge >= 0.3 is 5.97 Å². The molecule has 22 heavy (non-hydrogen) atoms. The Morgan fingerprint density at radius 3 is 2.45 bits per heavy atom.